The molecule has 0 fully saturated rings. The lowest BCUT2D eigenvalue weighted by Gasteiger charge is -2.15. The smallest absolute Gasteiger partial charge is 0.166 e. The molecule has 0 radical (unpaired) electrons. The van der Waals surface area contributed by atoms with Crippen molar-refractivity contribution in [2.24, 2.45) is 0 Å². The first-order chi connectivity index (χ1) is 29.2. The zero-order valence-corrected chi connectivity index (χ0v) is 32.2. The minimum absolute atomic E-state index is 0.587. The topological polar surface area (TPSA) is 56.7 Å². The number of para-hydroxylation sites is 1. The number of benzene rings is 9. The molecular weight excluding hydrogens is 741 g/mol. The van der Waals surface area contributed by atoms with E-state index in [-0.39, 0.29) is 0 Å². The SMILES string of the molecule is c1ccc(-c2nc(-c3cc4c(cc3-n3c5ccccc5c5cc6ccccc6cc53)oc3c5ccccc5ccc43)nc(-c3cccc4sc5ccccc5c34)n2)cc1. The summed E-state index contributed by atoms with van der Waals surface area (Å²) < 4.78 is 11.7. The van der Waals surface area contributed by atoms with Crippen molar-refractivity contribution >= 4 is 96.8 Å². The molecule has 0 saturated carbocycles. The molecule has 0 bridgehead atoms. The summed E-state index contributed by atoms with van der Waals surface area (Å²) in [4.78, 5) is 16.1. The summed E-state index contributed by atoms with van der Waals surface area (Å²) in [6.07, 6.45) is 0. The average Bonchev–Trinajstić information content (AvgIpc) is 3.97. The first-order valence-electron chi connectivity index (χ1n) is 19.8. The highest BCUT2D eigenvalue weighted by Gasteiger charge is 2.24. The predicted molar refractivity (Wildman–Crippen MR) is 246 cm³/mol. The van der Waals surface area contributed by atoms with Crippen LogP contribution in [0.5, 0.6) is 0 Å². The second-order valence-corrected chi connectivity index (χ2v) is 16.2. The van der Waals surface area contributed by atoms with Crippen LogP contribution in [0, 0.1) is 0 Å². The summed E-state index contributed by atoms with van der Waals surface area (Å²) in [7, 11) is 0. The highest BCUT2D eigenvalue weighted by molar-refractivity contribution is 7.25. The monoisotopic (exact) mass is 770 g/mol. The zero-order valence-electron chi connectivity index (χ0n) is 31.4. The molecule has 59 heavy (non-hydrogen) atoms. The second kappa shape index (κ2) is 12.4. The number of aromatic nitrogens is 4. The van der Waals surface area contributed by atoms with Crippen LogP contribution < -0.4 is 0 Å². The van der Waals surface area contributed by atoms with Gasteiger partial charge in [0.1, 0.15) is 11.2 Å². The van der Waals surface area contributed by atoms with E-state index in [1.54, 1.807) is 11.3 Å². The molecule has 0 spiro atoms. The Morgan fingerprint density at radius 2 is 1.08 bits per heavy atom. The van der Waals surface area contributed by atoms with Crippen molar-refractivity contribution in [2.75, 3.05) is 0 Å². The molecule has 0 aliphatic carbocycles. The van der Waals surface area contributed by atoms with Crippen LogP contribution in [0.3, 0.4) is 0 Å². The molecular formula is C53H30N4OS. The second-order valence-electron chi connectivity index (χ2n) is 15.1. The normalized spacial score (nSPS) is 12.1. The number of fused-ring (bicyclic) bond motifs is 12. The zero-order chi connectivity index (χ0) is 38.6. The van der Waals surface area contributed by atoms with E-state index in [0.717, 1.165) is 71.5 Å². The van der Waals surface area contributed by atoms with E-state index in [0.29, 0.717) is 17.5 Å². The van der Waals surface area contributed by atoms with Crippen LogP contribution in [0.4, 0.5) is 0 Å². The summed E-state index contributed by atoms with van der Waals surface area (Å²) in [5.41, 5.74) is 7.56. The van der Waals surface area contributed by atoms with Gasteiger partial charge in [-0.25, -0.2) is 15.0 Å². The molecule has 9 aromatic carbocycles. The highest BCUT2D eigenvalue weighted by Crippen LogP contribution is 2.44. The van der Waals surface area contributed by atoms with E-state index in [1.807, 2.05) is 18.2 Å². The maximum atomic E-state index is 6.89. The van der Waals surface area contributed by atoms with Crippen molar-refractivity contribution in [3.63, 3.8) is 0 Å². The lowest BCUT2D eigenvalue weighted by Crippen LogP contribution is -2.04. The molecule has 0 aliphatic heterocycles. The minimum atomic E-state index is 0.587. The first kappa shape index (κ1) is 32.4. The Balaban J connectivity index is 1.18. The molecule has 13 aromatic rings. The molecule has 0 unspecified atom stereocenters. The van der Waals surface area contributed by atoms with Gasteiger partial charge in [-0.2, -0.15) is 0 Å². The van der Waals surface area contributed by atoms with E-state index in [1.165, 1.54) is 36.3 Å². The summed E-state index contributed by atoms with van der Waals surface area (Å²) >= 11 is 1.79. The van der Waals surface area contributed by atoms with Gasteiger partial charge >= 0.3 is 0 Å². The summed E-state index contributed by atoms with van der Waals surface area (Å²) in [5.74, 6) is 1.83. The van der Waals surface area contributed by atoms with Crippen LogP contribution in [0.15, 0.2) is 186 Å². The molecule has 0 aliphatic rings. The van der Waals surface area contributed by atoms with Crippen molar-refractivity contribution in [2.45, 2.75) is 0 Å². The summed E-state index contributed by atoms with van der Waals surface area (Å²) in [6, 6.07) is 64.3. The van der Waals surface area contributed by atoms with Crippen molar-refractivity contribution in [3.05, 3.63) is 182 Å². The molecule has 4 aromatic heterocycles. The van der Waals surface area contributed by atoms with Crippen molar-refractivity contribution in [3.8, 4) is 39.9 Å². The molecule has 0 N–H and O–H groups in total. The number of thiophene rings is 1. The third-order valence-corrected chi connectivity index (χ3v) is 12.9. The van der Waals surface area contributed by atoms with Crippen molar-refractivity contribution in [1.29, 1.82) is 0 Å². The Labute approximate surface area is 341 Å². The molecule has 0 amide bonds. The highest BCUT2D eigenvalue weighted by atomic mass is 32.1. The van der Waals surface area contributed by atoms with Crippen LogP contribution in [0.1, 0.15) is 0 Å². The van der Waals surface area contributed by atoms with Gasteiger partial charge in [0.15, 0.2) is 17.5 Å². The third kappa shape index (κ3) is 4.87. The fourth-order valence-corrected chi connectivity index (χ4v) is 10.2. The van der Waals surface area contributed by atoms with Crippen molar-refractivity contribution < 1.29 is 4.42 Å². The van der Waals surface area contributed by atoms with Gasteiger partial charge < -0.3 is 8.98 Å². The molecule has 274 valence electrons. The van der Waals surface area contributed by atoms with Crippen LogP contribution in [-0.4, -0.2) is 19.5 Å². The molecule has 13 rings (SSSR count). The van der Waals surface area contributed by atoms with Crippen LogP contribution >= 0.6 is 11.3 Å². The quantitative estimate of drug-likeness (QED) is 0.179. The maximum Gasteiger partial charge on any atom is 0.166 e. The Hall–Kier alpha value is -7.67. The van der Waals surface area contributed by atoms with Crippen LogP contribution in [0.25, 0.3) is 125 Å². The van der Waals surface area contributed by atoms with E-state index < -0.39 is 0 Å². The van der Waals surface area contributed by atoms with Gasteiger partial charge in [-0.1, -0.05) is 133 Å². The largest absolute Gasteiger partial charge is 0.455 e. The molecule has 0 atom stereocenters. The van der Waals surface area contributed by atoms with E-state index in [2.05, 4.69) is 168 Å². The minimum Gasteiger partial charge on any atom is -0.455 e. The van der Waals surface area contributed by atoms with E-state index >= 15 is 0 Å². The Morgan fingerprint density at radius 1 is 0.407 bits per heavy atom. The number of nitrogens with zero attached hydrogens (tertiary/aromatic N) is 4. The molecule has 5 nitrogen and oxygen atoms in total. The third-order valence-electron chi connectivity index (χ3n) is 11.8. The van der Waals surface area contributed by atoms with Gasteiger partial charge in [-0.3, -0.25) is 0 Å². The first-order valence-corrected chi connectivity index (χ1v) is 20.6. The maximum absolute atomic E-state index is 6.89. The number of hydrogen-bond acceptors (Lipinski definition) is 5. The van der Waals surface area contributed by atoms with Gasteiger partial charge in [0.2, 0.25) is 0 Å². The van der Waals surface area contributed by atoms with Gasteiger partial charge in [0.25, 0.3) is 0 Å². The lowest BCUT2D eigenvalue weighted by atomic mass is 10.0. The Bertz CT molecular complexity index is 3860. The van der Waals surface area contributed by atoms with Gasteiger partial charge in [0, 0.05) is 69.9 Å². The van der Waals surface area contributed by atoms with Gasteiger partial charge in [0.05, 0.1) is 16.7 Å². The fourth-order valence-electron chi connectivity index (χ4n) is 9.11. The van der Waals surface area contributed by atoms with E-state index in [4.69, 9.17) is 19.4 Å². The fraction of sp³-hybridized carbons (Fsp3) is 0. The van der Waals surface area contributed by atoms with Crippen LogP contribution in [-0.2, 0) is 0 Å². The predicted octanol–water partition coefficient (Wildman–Crippen LogP) is 14.5. The number of hydrogen-bond donors (Lipinski definition) is 0. The van der Waals surface area contributed by atoms with Gasteiger partial charge in [-0.05, 0) is 58.6 Å². The molecule has 4 heterocycles. The molecule has 0 saturated heterocycles. The summed E-state index contributed by atoms with van der Waals surface area (Å²) in [5, 5.41) is 11.3. The number of rotatable bonds is 4. The van der Waals surface area contributed by atoms with E-state index in [9.17, 15) is 0 Å². The van der Waals surface area contributed by atoms with Crippen LogP contribution in [0.2, 0.25) is 0 Å². The standard InChI is InChI=1S/C53H30N4OS/c1-2-14-32(15-3-1)51-54-52(39-21-12-24-48-49(39)38-20-9-11-23-47(38)59-48)56-53(55-51)42-29-41-37-26-25-31-13-6-7-18-35(31)50(37)58-46(41)30-45(42)57-43-22-10-8-19-36(43)40-27-33-16-4-5-17-34(33)28-44(40)57/h1-30H. The Morgan fingerprint density at radius 3 is 1.95 bits per heavy atom. The van der Waals surface area contributed by atoms with Gasteiger partial charge in [-0.15, -0.1) is 11.3 Å². The van der Waals surface area contributed by atoms with Crippen molar-refractivity contribution in [1.82, 2.24) is 19.5 Å². The lowest BCUT2D eigenvalue weighted by molar-refractivity contribution is 0.672. The number of furan rings is 1. The summed E-state index contributed by atoms with van der Waals surface area (Å²) in [6.45, 7) is 0. The Kier molecular flexibility index (Phi) is 6.82. The average molecular weight is 771 g/mol. The molecule has 6 heteroatoms.